The van der Waals surface area contributed by atoms with Gasteiger partial charge in [-0.3, -0.25) is 0 Å². The van der Waals surface area contributed by atoms with Gasteiger partial charge in [0.2, 0.25) is 5.13 Å². The zero-order valence-electron chi connectivity index (χ0n) is 12.6. The highest BCUT2D eigenvalue weighted by Crippen LogP contribution is 2.18. The van der Waals surface area contributed by atoms with Gasteiger partial charge >= 0.3 is 0 Å². The first-order valence-electron chi connectivity index (χ1n) is 7.05. The highest BCUT2D eigenvalue weighted by Gasteiger charge is 2.06. The maximum Gasteiger partial charge on any atom is 0.205 e. The van der Waals surface area contributed by atoms with E-state index >= 15 is 0 Å². The number of nitrogens with one attached hydrogen (secondary N) is 1. The van der Waals surface area contributed by atoms with Crippen LogP contribution in [0, 0.1) is 5.82 Å². The number of halogens is 1. The lowest BCUT2D eigenvalue weighted by Gasteiger charge is -2.20. The normalized spacial score (nSPS) is 11.3. The number of hydrogen-bond donors (Lipinski definition) is 1. The van der Waals surface area contributed by atoms with Crippen LogP contribution >= 0.6 is 11.3 Å². The van der Waals surface area contributed by atoms with Gasteiger partial charge in [-0.1, -0.05) is 23.5 Å². The zero-order chi connectivity index (χ0) is 15.2. The summed E-state index contributed by atoms with van der Waals surface area (Å²) in [5.41, 5.74) is 1.04. The minimum atomic E-state index is -0.215. The Hall–Kier alpha value is -1.53. The van der Waals surface area contributed by atoms with Gasteiger partial charge in [0.05, 0.1) is 0 Å². The predicted molar refractivity (Wildman–Crippen MR) is 85.4 cm³/mol. The smallest absolute Gasteiger partial charge is 0.205 e. The van der Waals surface area contributed by atoms with Crippen molar-refractivity contribution in [3.8, 4) is 0 Å². The molecule has 0 fully saturated rings. The fourth-order valence-electron chi connectivity index (χ4n) is 1.77. The molecule has 0 atom stereocenters. The second-order valence-corrected chi connectivity index (χ2v) is 6.37. The van der Waals surface area contributed by atoms with Crippen LogP contribution < -0.4 is 5.32 Å². The highest BCUT2D eigenvalue weighted by atomic mass is 32.1. The second kappa shape index (κ2) is 7.47. The van der Waals surface area contributed by atoms with E-state index in [0.29, 0.717) is 12.5 Å². The van der Waals surface area contributed by atoms with E-state index in [1.807, 2.05) is 0 Å². The van der Waals surface area contributed by atoms with E-state index in [4.69, 9.17) is 0 Å². The third-order valence-electron chi connectivity index (χ3n) is 3.36. The summed E-state index contributed by atoms with van der Waals surface area (Å²) >= 11 is 1.55. The Bertz CT molecular complexity index is 553. The standard InChI is InChI=1S/C15H21FN4S/c1-11(2)20(3)9-8-17-15-19-18-14(21-15)10-12-4-6-13(16)7-5-12/h4-7,11H,8-10H2,1-3H3,(H,17,19). The Labute approximate surface area is 129 Å². The summed E-state index contributed by atoms with van der Waals surface area (Å²) in [4.78, 5) is 2.27. The number of anilines is 1. The molecular formula is C15H21FN4S. The molecule has 1 N–H and O–H groups in total. The minimum Gasteiger partial charge on any atom is -0.359 e. The molecule has 2 aromatic rings. The van der Waals surface area contributed by atoms with Gasteiger partial charge in [0.1, 0.15) is 10.8 Å². The molecule has 114 valence electrons. The summed E-state index contributed by atoms with van der Waals surface area (Å²) in [7, 11) is 2.10. The Balaban J connectivity index is 1.82. The SMILES string of the molecule is CC(C)N(C)CCNc1nnc(Cc2ccc(F)cc2)s1. The summed E-state index contributed by atoms with van der Waals surface area (Å²) in [6.07, 6.45) is 0.686. The van der Waals surface area contributed by atoms with E-state index in [1.165, 1.54) is 12.1 Å². The van der Waals surface area contributed by atoms with Crippen molar-refractivity contribution < 1.29 is 4.39 Å². The number of rotatable bonds is 7. The quantitative estimate of drug-likeness (QED) is 0.853. The molecule has 2 rings (SSSR count). The maximum absolute atomic E-state index is 12.9. The molecule has 1 aromatic carbocycles. The van der Waals surface area contributed by atoms with Crippen molar-refractivity contribution in [2.75, 3.05) is 25.5 Å². The van der Waals surface area contributed by atoms with Gasteiger partial charge in [-0.05, 0) is 38.6 Å². The van der Waals surface area contributed by atoms with Crippen LogP contribution in [0.15, 0.2) is 24.3 Å². The van der Waals surface area contributed by atoms with Crippen molar-refractivity contribution in [1.82, 2.24) is 15.1 Å². The Morgan fingerprint density at radius 1 is 1.24 bits per heavy atom. The van der Waals surface area contributed by atoms with Crippen molar-refractivity contribution in [2.45, 2.75) is 26.3 Å². The van der Waals surface area contributed by atoms with Crippen LogP contribution in [0.25, 0.3) is 0 Å². The number of hydrogen-bond acceptors (Lipinski definition) is 5. The van der Waals surface area contributed by atoms with E-state index in [9.17, 15) is 4.39 Å². The van der Waals surface area contributed by atoms with Crippen LogP contribution in [0.5, 0.6) is 0 Å². The topological polar surface area (TPSA) is 41.0 Å². The Kier molecular flexibility index (Phi) is 5.64. The summed E-state index contributed by atoms with van der Waals surface area (Å²) in [5, 5.41) is 13.4. The van der Waals surface area contributed by atoms with Gasteiger partial charge in [-0.15, -0.1) is 10.2 Å². The van der Waals surface area contributed by atoms with Gasteiger partial charge in [-0.2, -0.15) is 0 Å². The van der Waals surface area contributed by atoms with Gasteiger partial charge in [0, 0.05) is 25.6 Å². The van der Waals surface area contributed by atoms with E-state index in [2.05, 4.69) is 41.3 Å². The van der Waals surface area contributed by atoms with E-state index < -0.39 is 0 Å². The lowest BCUT2D eigenvalue weighted by Crippen LogP contribution is -2.31. The molecule has 0 aliphatic rings. The minimum absolute atomic E-state index is 0.215. The second-order valence-electron chi connectivity index (χ2n) is 5.31. The molecule has 0 amide bonds. The average Bonchev–Trinajstić information content (AvgIpc) is 2.89. The first kappa shape index (κ1) is 15.9. The van der Waals surface area contributed by atoms with Crippen LogP contribution in [0.1, 0.15) is 24.4 Å². The molecule has 0 unspecified atom stereocenters. The molecule has 0 saturated carbocycles. The molecule has 0 aliphatic heterocycles. The van der Waals surface area contributed by atoms with Crippen LogP contribution in [0.3, 0.4) is 0 Å². The van der Waals surface area contributed by atoms with Gasteiger partial charge in [-0.25, -0.2) is 4.39 Å². The van der Waals surface area contributed by atoms with E-state index in [0.717, 1.165) is 28.8 Å². The van der Waals surface area contributed by atoms with Gasteiger partial charge in [0.15, 0.2) is 0 Å². The fourth-order valence-corrected chi connectivity index (χ4v) is 2.57. The largest absolute Gasteiger partial charge is 0.359 e. The molecule has 0 saturated heterocycles. The molecule has 1 heterocycles. The molecule has 0 aliphatic carbocycles. The van der Waals surface area contributed by atoms with Crippen molar-refractivity contribution in [1.29, 1.82) is 0 Å². The van der Waals surface area contributed by atoms with Crippen molar-refractivity contribution in [3.63, 3.8) is 0 Å². The summed E-state index contributed by atoms with van der Waals surface area (Å²) in [6.45, 7) is 6.15. The lowest BCUT2D eigenvalue weighted by atomic mass is 10.2. The molecule has 6 heteroatoms. The number of benzene rings is 1. The number of likely N-dealkylation sites (N-methyl/N-ethyl adjacent to an activating group) is 1. The first-order valence-corrected chi connectivity index (χ1v) is 7.87. The van der Waals surface area contributed by atoms with Crippen molar-refractivity contribution in [2.24, 2.45) is 0 Å². The van der Waals surface area contributed by atoms with E-state index in [1.54, 1.807) is 23.5 Å². The average molecular weight is 308 g/mol. The highest BCUT2D eigenvalue weighted by molar-refractivity contribution is 7.15. The van der Waals surface area contributed by atoms with Gasteiger partial charge < -0.3 is 10.2 Å². The summed E-state index contributed by atoms with van der Waals surface area (Å²) in [6, 6.07) is 7.03. The van der Waals surface area contributed by atoms with Gasteiger partial charge in [0.25, 0.3) is 0 Å². The maximum atomic E-state index is 12.9. The number of aromatic nitrogens is 2. The molecule has 21 heavy (non-hydrogen) atoms. The van der Waals surface area contributed by atoms with Crippen LogP contribution in [0.4, 0.5) is 9.52 Å². The first-order chi connectivity index (χ1) is 10.0. The Morgan fingerprint density at radius 3 is 2.62 bits per heavy atom. The lowest BCUT2D eigenvalue weighted by molar-refractivity contribution is 0.284. The van der Waals surface area contributed by atoms with Crippen LogP contribution in [-0.4, -0.2) is 41.3 Å². The molecule has 0 spiro atoms. The third kappa shape index (κ3) is 5.06. The number of nitrogens with zero attached hydrogens (tertiary/aromatic N) is 3. The molecular weight excluding hydrogens is 287 g/mol. The van der Waals surface area contributed by atoms with E-state index in [-0.39, 0.29) is 5.82 Å². The fraction of sp³-hybridized carbons (Fsp3) is 0.467. The Morgan fingerprint density at radius 2 is 1.95 bits per heavy atom. The zero-order valence-corrected chi connectivity index (χ0v) is 13.5. The summed E-state index contributed by atoms with van der Waals surface area (Å²) < 4.78 is 12.9. The molecule has 1 aromatic heterocycles. The van der Waals surface area contributed by atoms with Crippen molar-refractivity contribution >= 4 is 16.5 Å². The van der Waals surface area contributed by atoms with Crippen molar-refractivity contribution in [3.05, 3.63) is 40.7 Å². The molecule has 0 radical (unpaired) electrons. The molecule has 4 nitrogen and oxygen atoms in total. The molecule has 0 bridgehead atoms. The summed E-state index contributed by atoms with van der Waals surface area (Å²) in [5.74, 6) is -0.215. The van der Waals surface area contributed by atoms with Crippen LogP contribution in [0.2, 0.25) is 0 Å². The monoisotopic (exact) mass is 308 g/mol. The van der Waals surface area contributed by atoms with Crippen LogP contribution in [-0.2, 0) is 6.42 Å². The predicted octanol–water partition coefficient (Wildman–Crippen LogP) is 3.02. The third-order valence-corrected chi connectivity index (χ3v) is 4.24.